The molecular weight excluding hydrogens is 384 g/mol. The highest BCUT2D eigenvalue weighted by molar-refractivity contribution is 7.99. The summed E-state index contributed by atoms with van der Waals surface area (Å²) in [6.45, 7) is 5.87. The van der Waals surface area contributed by atoms with Crippen LogP contribution in [0.5, 0.6) is 0 Å². The van der Waals surface area contributed by atoms with Gasteiger partial charge in [-0.3, -0.25) is 0 Å². The fraction of sp³-hybridized carbons (Fsp3) is 0.579. The number of aliphatic hydroxyl groups excluding tert-OH is 1. The Bertz CT molecular complexity index is 594. The van der Waals surface area contributed by atoms with Gasteiger partial charge >= 0.3 is 12.2 Å². The molecule has 2 atom stereocenters. The van der Waals surface area contributed by atoms with E-state index in [1.54, 1.807) is 20.8 Å². The number of nitrogens with one attached hydrogen (secondary N) is 2. The van der Waals surface area contributed by atoms with Crippen molar-refractivity contribution in [2.75, 3.05) is 25.2 Å². The summed E-state index contributed by atoms with van der Waals surface area (Å²) in [6.07, 6.45) is -2.29. The van der Waals surface area contributed by atoms with Crippen LogP contribution < -0.4 is 10.6 Å². The molecule has 28 heavy (non-hydrogen) atoms. The highest BCUT2D eigenvalue weighted by Crippen LogP contribution is 2.10. The van der Waals surface area contributed by atoms with Gasteiger partial charge in [0.15, 0.2) is 6.29 Å². The van der Waals surface area contributed by atoms with Gasteiger partial charge in [0.1, 0.15) is 12.2 Å². The van der Waals surface area contributed by atoms with E-state index in [1.165, 1.54) is 18.9 Å². The van der Waals surface area contributed by atoms with Gasteiger partial charge < -0.3 is 30.0 Å². The first-order valence-electron chi connectivity index (χ1n) is 8.94. The van der Waals surface area contributed by atoms with E-state index in [2.05, 4.69) is 10.6 Å². The summed E-state index contributed by atoms with van der Waals surface area (Å²) in [6, 6.07) is 8.76. The average molecular weight is 415 g/mol. The number of amides is 2. The van der Waals surface area contributed by atoms with E-state index in [4.69, 9.17) is 14.2 Å². The van der Waals surface area contributed by atoms with Gasteiger partial charge in [0.25, 0.3) is 0 Å². The molecule has 0 aliphatic carbocycles. The molecule has 0 spiro atoms. The maximum atomic E-state index is 11.9. The molecule has 9 heteroatoms. The van der Waals surface area contributed by atoms with Gasteiger partial charge in [-0.25, -0.2) is 9.59 Å². The van der Waals surface area contributed by atoms with E-state index in [1.807, 2.05) is 30.3 Å². The van der Waals surface area contributed by atoms with E-state index in [0.717, 1.165) is 5.56 Å². The van der Waals surface area contributed by atoms with Gasteiger partial charge in [-0.1, -0.05) is 30.3 Å². The van der Waals surface area contributed by atoms with Gasteiger partial charge in [-0.05, 0) is 26.3 Å². The van der Waals surface area contributed by atoms with Crippen LogP contribution in [-0.4, -0.2) is 60.4 Å². The second kappa shape index (κ2) is 12.5. The number of ether oxygens (including phenoxy) is 3. The number of methoxy groups -OCH3 is 1. The molecule has 0 aliphatic rings. The van der Waals surface area contributed by atoms with Crippen molar-refractivity contribution in [2.45, 2.75) is 45.3 Å². The van der Waals surface area contributed by atoms with E-state index in [0.29, 0.717) is 18.1 Å². The van der Waals surface area contributed by atoms with Crippen LogP contribution in [0.15, 0.2) is 30.3 Å². The van der Waals surface area contributed by atoms with Crippen LogP contribution in [0.3, 0.4) is 0 Å². The number of hydrogen-bond acceptors (Lipinski definition) is 7. The topological polar surface area (TPSA) is 106 Å². The highest BCUT2D eigenvalue weighted by Gasteiger charge is 2.24. The third-order valence-electron chi connectivity index (χ3n) is 3.31. The Kier molecular flexibility index (Phi) is 10.7. The average Bonchev–Trinajstić information content (AvgIpc) is 2.63. The first-order chi connectivity index (χ1) is 13.2. The number of benzene rings is 1. The number of hydrogen-bond donors (Lipinski definition) is 3. The minimum atomic E-state index is -1.16. The summed E-state index contributed by atoms with van der Waals surface area (Å²) in [4.78, 5) is 23.5. The molecule has 158 valence electrons. The van der Waals surface area contributed by atoms with Gasteiger partial charge in [-0.2, -0.15) is 11.8 Å². The smallest absolute Gasteiger partial charge is 0.408 e. The van der Waals surface area contributed by atoms with Crippen molar-refractivity contribution in [2.24, 2.45) is 0 Å². The molecule has 0 aliphatic heterocycles. The van der Waals surface area contributed by atoms with Crippen molar-refractivity contribution in [3.05, 3.63) is 35.9 Å². The van der Waals surface area contributed by atoms with Gasteiger partial charge in [0.05, 0.1) is 6.04 Å². The lowest BCUT2D eigenvalue weighted by atomic mass is 10.2. The largest absolute Gasteiger partial charge is 0.445 e. The zero-order valence-electron chi connectivity index (χ0n) is 16.8. The summed E-state index contributed by atoms with van der Waals surface area (Å²) >= 11 is 1.44. The lowest BCUT2D eigenvalue weighted by Crippen LogP contribution is -2.47. The van der Waals surface area contributed by atoms with Crippen molar-refractivity contribution in [3.8, 4) is 0 Å². The van der Waals surface area contributed by atoms with E-state index >= 15 is 0 Å². The number of carbonyl (C=O) groups excluding carboxylic acids is 2. The first-order valence-corrected chi connectivity index (χ1v) is 10.1. The summed E-state index contributed by atoms with van der Waals surface area (Å²) in [5.74, 6) is 0.957. The van der Waals surface area contributed by atoms with Crippen molar-refractivity contribution in [3.63, 3.8) is 0 Å². The second-order valence-electron chi connectivity index (χ2n) is 6.94. The van der Waals surface area contributed by atoms with Crippen LogP contribution in [0, 0.1) is 0 Å². The fourth-order valence-electron chi connectivity index (χ4n) is 2.03. The molecule has 0 heterocycles. The highest BCUT2D eigenvalue weighted by atomic mass is 32.2. The molecule has 0 aromatic heterocycles. The van der Waals surface area contributed by atoms with Crippen LogP contribution in [0.1, 0.15) is 26.3 Å². The third kappa shape index (κ3) is 11.0. The second-order valence-corrected chi connectivity index (χ2v) is 8.09. The summed E-state index contributed by atoms with van der Waals surface area (Å²) in [5.41, 5.74) is 0.278. The molecule has 1 aromatic rings. The Morgan fingerprint density at radius 2 is 1.86 bits per heavy atom. The van der Waals surface area contributed by atoms with Crippen molar-refractivity contribution >= 4 is 23.9 Å². The Morgan fingerprint density at radius 1 is 1.18 bits per heavy atom. The standard InChI is InChI=1S/C19H30N2O6S/c1-19(2,3)27-18(24)21-15(16(22)25-4)13-28-11-10-20-17(23)26-12-14-8-6-5-7-9-14/h5-9,15-16,22H,10-13H2,1-4H3,(H,20,23)(H,21,24)/t15-,16-/m0/s1. The molecule has 3 N–H and O–H groups in total. The fourth-order valence-corrected chi connectivity index (χ4v) is 2.94. The summed E-state index contributed by atoms with van der Waals surface area (Å²) < 4.78 is 15.2. The Balaban J connectivity index is 2.26. The van der Waals surface area contributed by atoms with Crippen LogP contribution in [0.2, 0.25) is 0 Å². The molecule has 2 amide bonds. The van der Waals surface area contributed by atoms with Crippen molar-refractivity contribution < 1.29 is 28.9 Å². The summed E-state index contributed by atoms with van der Waals surface area (Å²) in [7, 11) is 1.35. The van der Waals surface area contributed by atoms with Crippen LogP contribution >= 0.6 is 11.8 Å². The van der Waals surface area contributed by atoms with Crippen molar-refractivity contribution in [1.29, 1.82) is 0 Å². The quantitative estimate of drug-likeness (QED) is 0.399. The number of thioether (sulfide) groups is 1. The Morgan fingerprint density at radius 3 is 2.46 bits per heavy atom. The van der Waals surface area contributed by atoms with E-state index in [-0.39, 0.29) is 6.61 Å². The maximum Gasteiger partial charge on any atom is 0.408 e. The predicted octanol–water partition coefficient (Wildman–Crippen LogP) is 2.50. The molecule has 0 unspecified atom stereocenters. The Hall–Kier alpha value is -1.97. The van der Waals surface area contributed by atoms with Crippen LogP contribution in [0.4, 0.5) is 9.59 Å². The number of alkyl carbamates (subject to hydrolysis) is 2. The SMILES string of the molecule is CO[C@H](O)[C@H](CSCCNC(=O)OCc1ccccc1)NC(=O)OC(C)(C)C. The lowest BCUT2D eigenvalue weighted by Gasteiger charge is -2.25. The van der Waals surface area contributed by atoms with Crippen LogP contribution in [-0.2, 0) is 20.8 Å². The molecular formula is C19H30N2O6S. The van der Waals surface area contributed by atoms with E-state index < -0.39 is 30.1 Å². The molecule has 1 aromatic carbocycles. The summed E-state index contributed by atoms with van der Waals surface area (Å²) in [5, 5.41) is 15.1. The molecule has 0 saturated carbocycles. The maximum absolute atomic E-state index is 11.9. The minimum absolute atomic E-state index is 0.210. The minimum Gasteiger partial charge on any atom is -0.445 e. The molecule has 1 rings (SSSR count). The lowest BCUT2D eigenvalue weighted by molar-refractivity contribution is -0.0922. The normalized spacial score (nSPS) is 13.3. The molecule has 0 saturated heterocycles. The Labute approximate surface area is 170 Å². The zero-order chi connectivity index (χ0) is 21.0. The predicted molar refractivity (Wildman–Crippen MR) is 108 cm³/mol. The first kappa shape index (κ1) is 24.1. The third-order valence-corrected chi connectivity index (χ3v) is 4.40. The molecule has 0 radical (unpaired) electrons. The molecule has 8 nitrogen and oxygen atoms in total. The zero-order valence-corrected chi connectivity index (χ0v) is 17.6. The number of rotatable bonds is 10. The van der Waals surface area contributed by atoms with Crippen LogP contribution in [0.25, 0.3) is 0 Å². The monoisotopic (exact) mass is 414 g/mol. The molecule has 0 fully saturated rings. The van der Waals surface area contributed by atoms with Gasteiger partial charge in [0.2, 0.25) is 0 Å². The number of carbonyl (C=O) groups is 2. The number of aliphatic hydroxyl groups is 1. The van der Waals surface area contributed by atoms with Crippen molar-refractivity contribution in [1.82, 2.24) is 10.6 Å². The van der Waals surface area contributed by atoms with E-state index in [9.17, 15) is 14.7 Å². The van der Waals surface area contributed by atoms with Gasteiger partial charge in [-0.15, -0.1) is 0 Å². The van der Waals surface area contributed by atoms with Gasteiger partial charge in [0, 0.05) is 25.2 Å². The molecule has 0 bridgehead atoms.